The molecule has 0 saturated heterocycles. The molecule has 0 radical (unpaired) electrons. The largest absolute Gasteiger partial charge is 0.342 e. The van der Waals surface area contributed by atoms with Crippen molar-refractivity contribution in [3.8, 4) is 0 Å². The van der Waals surface area contributed by atoms with Crippen molar-refractivity contribution < 1.29 is 4.79 Å². The van der Waals surface area contributed by atoms with Gasteiger partial charge in [-0.3, -0.25) is 9.48 Å². The summed E-state index contributed by atoms with van der Waals surface area (Å²) in [6, 6.07) is 10.3. The number of aromatic nitrogens is 2. The molecular formula is C27H37N3O. The summed E-state index contributed by atoms with van der Waals surface area (Å²) in [7, 11) is 0. The summed E-state index contributed by atoms with van der Waals surface area (Å²) in [6.07, 6.45) is 10.1. The predicted octanol–water partition coefficient (Wildman–Crippen LogP) is 6.13. The first kappa shape index (κ1) is 20.8. The van der Waals surface area contributed by atoms with Gasteiger partial charge in [0.25, 0.3) is 5.91 Å². The minimum atomic E-state index is -0.431. The third kappa shape index (κ3) is 3.83. The number of hydrogen-bond acceptors (Lipinski definition) is 2. The second-order valence-electron chi connectivity index (χ2n) is 10.8. The lowest BCUT2D eigenvalue weighted by molar-refractivity contribution is 0.0902. The van der Waals surface area contributed by atoms with Gasteiger partial charge in [0.05, 0.1) is 5.54 Å². The van der Waals surface area contributed by atoms with Crippen molar-refractivity contribution in [2.75, 3.05) is 0 Å². The maximum absolute atomic E-state index is 13.7. The van der Waals surface area contributed by atoms with Crippen LogP contribution in [0, 0.1) is 11.8 Å². The quantitative estimate of drug-likeness (QED) is 0.549. The van der Waals surface area contributed by atoms with Gasteiger partial charge in [-0.15, -0.1) is 0 Å². The van der Waals surface area contributed by atoms with Crippen molar-refractivity contribution in [1.82, 2.24) is 15.1 Å². The Morgan fingerprint density at radius 3 is 2.39 bits per heavy atom. The lowest BCUT2D eigenvalue weighted by Crippen LogP contribution is -2.41. The topological polar surface area (TPSA) is 46.9 Å². The molecule has 1 amide bonds. The molecule has 1 aromatic carbocycles. The van der Waals surface area contributed by atoms with Gasteiger partial charge in [0.15, 0.2) is 5.69 Å². The van der Waals surface area contributed by atoms with Crippen molar-refractivity contribution >= 4 is 5.91 Å². The van der Waals surface area contributed by atoms with E-state index in [0.29, 0.717) is 17.5 Å². The van der Waals surface area contributed by atoms with Crippen LogP contribution in [0.4, 0.5) is 0 Å². The number of rotatable bonds is 7. The van der Waals surface area contributed by atoms with Crippen LogP contribution < -0.4 is 5.32 Å². The van der Waals surface area contributed by atoms with Gasteiger partial charge in [-0.2, -0.15) is 5.10 Å². The number of nitrogens with one attached hydrogen (secondary N) is 1. The van der Waals surface area contributed by atoms with E-state index in [1.165, 1.54) is 56.2 Å². The van der Waals surface area contributed by atoms with Gasteiger partial charge >= 0.3 is 0 Å². The Kier molecular flexibility index (Phi) is 5.44. The first-order valence-electron chi connectivity index (χ1n) is 12.4. The SMILES string of the molecule is CCCCCn1nc(C(=O)NC(C)(C)c2ccccc2)c2c1C1CC3CC(CC2C3)C1. The van der Waals surface area contributed by atoms with Gasteiger partial charge in [0, 0.05) is 23.7 Å². The Balaban J connectivity index is 1.50. The highest BCUT2D eigenvalue weighted by Gasteiger charge is 2.46. The third-order valence-electron chi connectivity index (χ3n) is 8.07. The molecule has 4 aliphatic rings. The molecule has 4 heteroatoms. The van der Waals surface area contributed by atoms with Crippen molar-refractivity contribution in [3.63, 3.8) is 0 Å². The van der Waals surface area contributed by atoms with Crippen LogP contribution in [0.3, 0.4) is 0 Å². The van der Waals surface area contributed by atoms with Crippen molar-refractivity contribution in [3.05, 3.63) is 52.8 Å². The summed E-state index contributed by atoms with van der Waals surface area (Å²) < 4.78 is 2.25. The molecule has 1 heterocycles. The van der Waals surface area contributed by atoms with Crippen LogP contribution in [-0.4, -0.2) is 15.7 Å². The molecule has 1 N–H and O–H groups in total. The highest BCUT2D eigenvalue weighted by molar-refractivity contribution is 5.95. The molecular weight excluding hydrogens is 382 g/mol. The van der Waals surface area contributed by atoms with Crippen molar-refractivity contribution in [2.24, 2.45) is 11.8 Å². The van der Waals surface area contributed by atoms with Crippen LogP contribution in [0.1, 0.15) is 111 Å². The van der Waals surface area contributed by atoms with Crippen LogP contribution >= 0.6 is 0 Å². The number of benzene rings is 1. The molecule has 1 aromatic heterocycles. The highest BCUT2D eigenvalue weighted by Crippen LogP contribution is 2.56. The molecule has 0 aliphatic heterocycles. The van der Waals surface area contributed by atoms with E-state index in [4.69, 9.17) is 5.10 Å². The minimum Gasteiger partial charge on any atom is -0.342 e. The molecule has 2 atom stereocenters. The number of carbonyl (C=O) groups is 1. The first-order chi connectivity index (χ1) is 15.0. The zero-order valence-electron chi connectivity index (χ0n) is 19.4. The number of carbonyl (C=O) groups excluding carboxylic acids is 1. The van der Waals surface area contributed by atoms with E-state index < -0.39 is 5.54 Å². The Morgan fingerprint density at radius 1 is 1.03 bits per heavy atom. The van der Waals surface area contributed by atoms with Gasteiger partial charge in [-0.1, -0.05) is 50.1 Å². The zero-order valence-corrected chi connectivity index (χ0v) is 19.4. The highest BCUT2D eigenvalue weighted by atomic mass is 16.2. The third-order valence-corrected chi connectivity index (χ3v) is 8.07. The van der Waals surface area contributed by atoms with Crippen molar-refractivity contribution in [1.29, 1.82) is 0 Å². The van der Waals surface area contributed by atoms with Gasteiger partial charge in [-0.05, 0) is 75.7 Å². The van der Waals surface area contributed by atoms with Crippen LogP contribution in [-0.2, 0) is 12.1 Å². The number of hydrogen-bond donors (Lipinski definition) is 1. The monoisotopic (exact) mass is 419 g/mol. The van der Waals surface area contributed by atoms with Gasteiger partial charge in [0.1, 0.15) is 0 Å². The van der Waals surface area contributed by atoms with Crippen LogP contribution in [0.2, 0.25) is 0 Å². The number of unbranched alkanes of at least 4 members (excludes halogenated alkanes) is 2. The van der Waals surface area contributed by atoms with E-state index in [2.05, 4.69) is 42.9 Å². The molecule has 4 bridgehead atoms. The van der Waals surface area contributed by atoms with Gasteiger partial charge in [-0.25, -0.2) is 0 Å². The fourth-order valence-corrected chi connectivity index (χ4v) is 6.75. The second kappa shape index (κ2) is 8.11. The Morgan fingerprint density at radius 2 is 1.71 bits per heavy atom. The lowest BCUT2D eigenvalue weighted by atomic mass is 9.67. The molecule has 2 fully saturated rings. The van der Waals surface area contributed by atoms with Crippen LogP contribution in [0.25, 0.3) is 0 Å². The molecule has 166 valence electrons. The molecule has 4 nitrogen and oxygen atoms in total. The summed E-state index contributed by atoms with van der Waals surface area (Å²) in [4.78, 5) is 13.7. The number of nitrogens with zero attached hydrogens (tertiary/aromatic N) is 2. The minimum absolute atomic E-state index is 0.000526. The summed E-state index contributed by atoms with van der Waals surface area (Å²) in [6.45, 7) is 7.37. The Bertz CT molecular complexity index is 931. The summed E-state index contributed by atoms with van der Waals surface area (Å²) >= 11 is 0. The molecule has 0 spiro atoms. The second-order valence-corrected chi connectivity index (χ2v) is 10.8. The van der Waals surface area contributed by atoms with Gasteiger partial charge in [0.2, 0.25) is 0 Å². The van der Waals surface area contributed by atoms with Crippen LogP contribution in [0.5, 0.6) is 0 Å². The number of aryl methyl sites for hydroxylation is 1. The molecule has 2 saturated carbocycles. The fourth-order valence-electron chi connectivity index (χ4n) is 6.75. The van der Waals surface area contributed by atoms with E-state index in [1.807, 2.05) is 18.2 Å². The lowest BCUT2D eigenvalue weighted by Gasteiger charge is -2.38. The van der Waals surface area contributed by atoms with E-state index >= 15 is 0 Å². The summed E-state index contributed by atoms with van der Waals surface area (Å²) in [5.74, 6) is 2.81. The number of amides is 1. The average molecular weight is 420 g/mol. The Labute approximate surface area is 186 Å². The maximum Gasteiger partial charge on any atom is 0.272 e. The standard InChI is InChI=1S/C27H37N3O/c1-4-5-9-12-30-25-21-16-18-13-19(17-21)15-20(14-18)23(25)24(29-30)26(31)28-27(2,3)22-10-7-6-8-11-22/h6-8,10-11,18-21H,4-5,9,12-17H2,1-3H3,(H,28,31). The first-order valence-corrected chi connectivity index (χ1v) is 12.4. The smallest absolute Gasteiger partial charge is 0.272 e. The molecule has 31 heavy (non-hydrogen) atoms. The molecule has 2 aromatic rings. The van der Waals surface area contributed by atoms with Crippen LogP contribution in [0.15, 0.2) is 30.3 Å². The van der Waals surface area contributed by atoms with Crippen molar-refractivity contribution in [2.45, 2.75) is 96.1 Å². The fraction of sp³-hybridized carbons (Fsp3) is 0.630. The molecule has 6 rings (SSSR count). The predicted molar refractivity (Wildman–Crippen MR) is 124 cm³/mol. The van der Waals surface area contributed by atoms with E-state index in [0.717, 1.165) is 30.4 Å². The van der Waals surface area contributed by atoms with E-state index in [-0.39, 0.29) is 5.91 Å². The Hall–Kier alpha value is -2.10. The normalized spacial score (nSPS) is 26.5. The summed E-state index contributed by atoms with van der Waals surface area (Å²) in [5, 5.41) is 8.34. The van der Waals surface area contributed by atoms with E-state index in [1.54, 1.807) is 0 Å². The van der Waals surface area contributed by atoms with Gasteiger partial charge < -0.3 is 5.32 Å². The van der Waals surface area contributed by atoms with E-state index in [9.17, 15) is 4.79 Å². The molecule has 2 unspecified atom stereocenters. The molecule has 4 aliphatic carbocycles. The average Bonchev–Trinajstić information content (AvgIpc) is 3.04. The summed E-state index contributed by atoms with van der Waals surface area (Å²) in [5.41, 5.74) is 4.14. The maximum atomic E-state index is 13.7. The zero-order chi connectivity index (χ0) is 21.6.